The number of halogens is 3. The number of nitrogens with one attached hydrogen (secondary N) is 2. The van der Waals surface area contributed by atoms with E-state index >= 15 is 0 Å². The van der Waals surface area contributed by atoms with Crippen LogP contribution in [0, 0.1) is 0 Å². The lowest BCUT2D eigenvalue weighted by molar-refractivity contribution is -0.274. The zero-order valence-electron chi connectivity index (χ0n) is 32.0. The first-order valence-corrected chi connectivity index (χ1v) is 17.6. The van der Waals surface area contributed by atoms with Gasteiger partial charge >= 0.3 is 12.1 Å². The van der Waals surface area contributed by atoms with Crippen LogP contribution in [0.2, 0.25) is 0 Å². The highest BCUT2D eigenvalue weighted by molar-refractivity contribution is 5.76. The molecule has 0 aliphatic heterocycles. The summed E-state index contributed by atoms with van der Waals surface area (Å²) in [6.45, 7) is 19.7. The SMILES string of the molecule is CC(C)(N)CCCc1cc(OC(F)(F)F)cc(C(C)(C)C)c1.C[C@H](NCCCN=C(N)N)c1ccc(-n2cc3cc(C(C)(C)C)[nH]c3nc2=O)cc1. The van der Waals surface area contributed by atoms with Gasteiger partial charge in [-0.05, 0) is 105 Å². The van der Waals surface area contributed by atoms with E-state index in [0.717, 1.165) is 59.3 Å². The molecule has 1 atom stereocenters. The number of aryl methyl sites for hydroxylation is 1. The summed E-state index contributed by atoms with van der Waals surface area (Å²) in [4.78, 5) is 24.0. The van der Waals surface area contributed by atoms with E-state index in [0.29, 0.717) is 18.6 Å². The molecule has 10 nitrogen and oxygen atoms in total. The third-order valence-corrected chi connectivity index (χ3v) is 8.42. The van der Waals surface area contributed by atoms with Gasteiger partial charge in [-0.3, -0.25) is 9.56 Å². The van der Waals surface area contributed by atoms with Crippen LogP contribution >= 0.6 is 0 Å². The van der Waals surface area contributed by atoms with E-state index < -0.39 is 6.36 Å². The van der Waals surface area contributed by atoms with Crippen molar-refractivity contribution in [3.05, 3.63) is 87.6 Å². The summed E-state index contributed by atoms with van der Waals surface area (Å²) in [5, 5.41) is 4.36. The number of nitrogens with two attached hydrogens (primary N) is 3. The molecular formula is C39H57F3N8O2. The summed E-state index contributed by atoms with van der Waals surface area (Å²) in [7, 11) is 0. The number of H-pyrrole nitrogens is 1. The zero-order valence-corrected chi connectivity index (χ0v) is 32.0. The van der Waals surface area contributed by atoms with Crippen molar-refractivity contribution in [3.8, 4) is 11.4 Å². The molecule has 2 aromatic heterocycles. The number of hydrogen-bond acceptors (Lipinski definition) is 6. The van der Waals surface area contributed by atoms with Gasteiger partial charge in [0.05, 0.1) is 5.69 Å². The van der Waals surface area contributed by atoms with Crippen molar-refractivity contribution >= 4 is 17.0 Å². The lowest BCUT2D eigenvalue weighted by Crippen LogP contribution is -2.31. The Bertz CT molecular complexity index is 1840. The van der Waals surface area contributed by atoms with E-state index in [9.17, 15) is 18.0 Å². The first-order valence-electron chi connectivity index (χ1n) is 17.6. The Labute approximate surface area is 305 Å². The van der Waals surface area contributed by atoms with Crippen molar-refractivity contribution in [2.75, 3.05) is 13.1 Å². The van der Waals surface area contributed by atoms with E-state index in [1.807, 2.05) is 71.1 Å². The minimum atomic E-state index is -4.67. The predicted octanol–water partition coefficient (Wildman–Crippen LogP) is 7.27. The average molecular weight is 727 g/mol. The monoisotopic (exact) mass is 726 g/mol. The van der Waals surface area contributed by atoms with Gasteiger partial charge < -0.3 is 32.2 Å². The highest BCUT2D eigenvalue weighted by Gasteiger charge is 2.32. The number of fused-ring (bicyclic) bond motifs is 1. The lowest BCUT2D eigenvalue weighted by atomic mass is 9.85. The maximum absolute atomic E-state index is 12.6. The van der Waals surface area contributed by atoms with Crippen LogP contribution in [0.25, 0.3) is 16.7 Å². The summed E-state index contributed by atoms with van der Waals surface area (Å²) < 4.78 is 43.1. The Morgan fingerprint density at radius 3 is 2.17 bits per heavy atom. The van der Waals surface area contributed by atoms with Gasteiger partial charge in [-0.15, -0.1) is 13.2 Å². The number of aliphatic imine (C=N–C) groups is 1. The second kappa shape index (κ2) is 17.0. The highest BCUT2D eigenvalue weighted by Crippen LogP contribution is 2.31. The Hall–Kier alpha value is -4.36. The molecule has 0 amide bonds. The number of benzene rings is 2. The number of ether oxygens (including phenoxy) is 1. The molecule has 0 radical (unpaired) electrons. The molecule has 52 heavy (non-hydrogen) atoms. The third kappa shape index (κ3) is 13.6. The summed E-state index contributed by atoms with van der Waals surface area (Å²) in [5.41, 5.74) is 21.0. The van der Waals surface area contributed by atoms with Gasteiger partial charge in [0.1, 0.15) is 11.4 Å². The molecule has 0 spiro atoms. The van der Waals surface area contributed by atoms with Gasteiger partial charge in [0.15, 0.2) is 5.96 Å². The molecule has 0 saturated carbocycles. The molecule has 0 aliphatic carbocycles. The van der Waals surface area contributed by atoms with Gasteiger partial charge in [0.25, 0.3) is 0 Å². The first-order chi connectivity index (χ1) is 23.9. The van der Waals surface area contributed by atoms with Crippen molar-refractivity contribution in [2.45, 2.75) is 117 Å². The molecule has 8 N–H and O–H groups in total. The van der Waals surface area contributed by atoms with E-state index in [1.54, 1.807) is 4.57 Å². The molecule has 13 heteroatoms. The molecule has 0 saturated heterocycles. The minimum absolute atomic E-state index is 0.0390. The van der Waals surface area contributed by atoms with Crippen molar-refractivity contribution in [1.82, 2.24) is 19.9 Å². The minimum Gasteiger partial charge on any atom is -0.406 e. The topological polar surface area (TPSA) is 162 Å². The largest absolute Gasteiger partial charge is 0.573 e. The Balaban J connectivity index is 0.000000295. The molecule has 0 fully saturated rings. The van der Waals surface area contributed by atoms with Crippen LogP contribution in [0.15, 0.2) is 64.5 Å². The van der Waals surface area contributed by atoms with Crippen molar-refractivity contribution < 1.29 is 17.9 Å². The second-order valence-corrected chi connectivity index (χ2v) is 16.1. The molecular weight excluding hydrogens is 669 g/mol. The Kier molecular flexibility index (Phi) is 13.7. The number of alkyl halides is 3. The van der Waals surface area contributed by atoms with Gasteiger partial charge in [-0.2, -0.15) is 4.98 Å². The van der Waals surface area contributed by atoms with Crippen LogP contribution in [-0.2, 0) is 17.3 Å². The molecule has 2 heterocycles. The quantitative estimate of drug-likeness (QED) is 0.0583. The molecule has 0 unspecified atom stereocenters. The van der Waals surface area contributed by atoms with Gasteiger partial charge in [-0.1, -0.05) is 59.7 Å². The maximum Gasteiger partial charge on any atom is 0.573 e. The normalized spacial score (nSPS) is 13.0. The fourth-order valence-electron chi connectivity index (χ4n) is 5.41. The van der Waals surface area contributed by atoms with E-state index in [4.69, 9.17) is 17.2 Å². The van der Waals surface area contributed by atoms with E-state index in [-0.39, 0.29) is 39.8 Å². The smallest absolute Gasteiger partial charge is 0.406 e. The van der Waals surface area contributed by atoms with Crippen LogP contribution in [0.4, 0.5) is 13.2 Å². The molecule has 286 valence electrons. The van der Waals surface area contributed by atoms with Crippen LogP contribution in [0.3, 0.4) is 0 Å². The van der Waals surface area contributed by atoms with Crippen molar-refractivity contribution in [3.63, 3.8) is 0 Å². The van der Waals surface area contributed by atoms with Crippen molar-refractivity contribution in [1.29, 1.82) is 0 Å². The fraction of sp³-hybridized carbons (Fsp3) is 0.513. The summed E-state index contributed by atoms with van der Waals surface area (Å²) in [6.07, 6.45) is 0.335. The lowest BCUT2D eigenvalue weighted by Gasteiger charge is -2.22. The number of aromatic amines is 1. The maximum atomic E-state index is 12.6. The van der Waals surface area contributed by atoms with Crippen LogP contribution in [-0.4, -0.2) is 45.5 Å². The van der Waals surface area contributed by atoms with E-state index in [2.05, 4.69) is 58.8 Å². The van der Waals surface area contributed by atoms with Crippen LogP contribution in [0.5, 0.6) is 5.75 Å². The van der Waals surface area contributed by atoms with Gasteiger partial charge in [0.2, 0.25) is 0 Å². The average Bonchev–Trinajstić information content (AvgIpc) is 3.42. The van der Waals surface area contributed by atoms with E-state index in [1.165, 1.54) is 12.1 Å². The van der Waals surface area contributed by atoms with Gasteiger partial charge in [-0.25, -0.2) is 4.79 Å². The molecule has 0 bridgehead atoms. The van der Waals surface area contributed by atoms with Crippen LogP contribution < -0.4 is 32.9 Å². The third-order valence-electron chi connectivity index (χ3n) is 8.42. The van der Waals surface area contributed by atoms with Crippen LogP contribution in [0.1, 0.15) is 110 Å². The first kappa shape index (κ1) is 42.1. The number of nitrogens with zero attached hydrogens (tertiary/aromatic N) is 3. The standard InChI is InChI=1S/C22H31N7O.C17H26F3NO/c1-14(25-10-5-11-26-20(23)24)15-6-8-17(9-7-15)29-13-16-12-18(22(2,3)4)27-19(16)28-21(29)30;1-15(2,3)13-9-12(7-6-8-16(4,5)21)10-14(11-13)22-17(18,19)20/h6-9,12-14,25H,5,10-11H2,1-4H3,(H4,23,24,26)(H,27,28,30);9-11H,6-8,21H2,1-5H3/t14-;/m0./s1. The van der Waals surface area contributed by atoms with Gasteiger partial charge in [0, 0.05) is 40.8 Å². The second-order valence-electron chi connectivity index (χ2n) is 16.1. The molecule has 2 aromatic carbocycles. The zero-order chi connectivity index (χ0) is 39.1. The fourth-order valence-corrected chi connectivity index (χ4v) is 5.41. The summed E-state index contributed by atoms with van der Waals surface area (Å²) in [5.74, 6) is -0.0299. The molecule has 0 aliphatic rings. The molecule has 4 rings (SSSR count). The number of aromatic nitrogens is 3. The predicted molar refractivity (Wildman–Crippen MR) is 205 cm³/mol. The Morgan fingerprint density at radius 2 is 1.62 bits per heavy atom. The molecule has 4 aromatic rings. The Morgan fingerprint density at radius 1 is 0.962 bits per heavy atom. The summed E-state index contributed by atoms with van der Waals surface area (Å²) in [6, 6.07) is 15.0. The number of hydrogen-bond donors (Lipinski definition) is 5. The highest BCUT2D eigenvalue weighted by atomic mass is 19.4. The number of guanidine groups is 1. The summed E-state index contributed by atoms with van der Waals surface area (Å²) >= 11 is 0. The van der Waals surface area contributed by atoms with Crippen molar-refractivity contribution in [2.24, 2.45) is 22.2 Å². The number of rotatable bonds is 12.